The molecule has 5 heteroatoms. The van der Waals surface area contributed by atoms with E-state index in [0.717, 1.165) is 25.1 Å². The van der Waals surface area contributed by atoms with Crippen LogP contribution in [0.2, 0.25) is 0 Å². The van der Waals surface area contributed by atoms with Gasteiger partial charge in [-0.05, 0) is 52.5 Å². The molecule has 5 nitrogen and oxygen atoms in total. The van der Waals surface area contributed by atoms with Crippen LogP contribution < -0.4 is 10.6 Å². The molecule has 0 aromatic carbocycles. The minimum atomic E-state index is 0.501. The normalized spacial score (nSPS) is 30.1. The van der Waals surface area contributed by atoms with Crippen molar-refractivity contribution < 1.29 is 0 Å². The number of aliphatic imine (C=N–C) groups is 1. The Bertz CT molecular complexity index is 395. The highest BCUT2D eigenvalue weighted by atomic mass is 15.3. The molecule has 2 aliphatic rings. The van der Waals surface area contributed by atoms with Gasteiger partial charge in [0, 0.05) is 51.4 Å². The number of rotatable bonds is 6. The van der Waals surface area contributed by atoms with E-state index in [1.54, 1.807) is 0 Å². The molecule has 2 saturated heterocycles. The summed E-state index contributed by atoms with van der Waals surface area (Å²) in [6, 6.07) is 1.89. The molecule has 2 aliphatic heterocycles. The maximum Gasteiger partial charge on any atom is 0.191 e. The quantitative estimate of drug-likeness (QED) is 0.443. The molecule has 3 unspecified atom stereocenters. The van der Waals surface area contributed by atoms with E-state index in [9.17, 15) is 0 Å². The minimum absolute atomic E-state index is 0.501. The van der Waals surface area contributed by atoms with Crippen molar-refractivity contribution in [3.63, 3.8) is 0 Å². The van der Waals surface area contributed by atoms with E-state index >= 15 is 0 Å². The van der Waals surface area contributed by atoms with Crippen molar-refractivity contribution in [1.82, 2.24) is 20.4 Å². The fourth-order valence-corrected chi connectivity index (χ4v) is 3.96. The number of likely N-dealkylation sites (tertiary alicyclic amines) is 2. The summed E-state index contributed by atoms with van der Waals surface area (Å²) in [5.74, 6) is 1.63. The maximum absolute atomic E-state index is 4.42. The minimum Gasteiger partial charge on any atom is -0.356 e. The second-order valence-corrected chi connectivity index (χ2v) is 8.01. The lowest BCUT2D eigenvalue weighted by Crippen LogP contribution is -2.47. The summed E-state index contributed by atoms with van der Waals surface area (Å²) < 4.78 is 0. The van der Waals surface area contributed by atoms with Crippen molar-refractivity contribution in [2.45, 2.75) is 71.5 Å². The number of hydrogen-bond acceptors (Lipinski definition) is 3. The van der Waals surface area contributed by atoms with Crippen molar-refractivity contribution >= 4 is 5.96 Å². The summed E-state index contributed by atoms with van der Waals surface area (Å²) in [6.07, 6.45) is 5.32. The molecule has 0 spiro atoms. The smallest absolute Gasteiger partial charge is 0.191 e. The lowest BCUT2D eigenvalue weighted by molar-refractivity contribution is 0.159. The Morgan fingerprint density at radius 3 is 2.62 bits per heavy atom. The lowest BCUT2D eigenvalue weighted by atomic mass is 10.0. The fraction of sp³-hybridized carbons (Fsp3) is 0.947. The molecule has 0 aliphatic carbocycles. The van der Waals surface area contributed by atoms with Gasteiger partial charge in [-0.15, -0.1) is 0 Å². The predicted octanol–water partition coefficient (Wildman–Crippen LogP) is 2.14. The van der Waals surface area contributed by atoms with Crippen LogP contribution in [0.5, 0.6) is 0 Å². The third-order valence-electron chi connectivity index (χ3n) is 5.77. The molecule has 3 atom stereocenters. The van der Waals surface area contributed by atoms with Crippen LogP contribution >= 0.6 is 0 Å². The van der Waals surface area contributed by atoms with Gasteiger partial charge in [0.2, 0.25) is 0 Å². The molecule has 0 aromatic heterocycles. The molecule has 0 bridgehead atoms. The van der Waals surface area contributed by atoms with Crippen LogP contribution in [-0.2, 0) is 0 Å². The molecule has 2 rings (SSSR count). The fourth-order valence-electron chi connectivity index (χ4n) is 3.96. The molecule has 24 heavy (non-hydrogen) atoms. The van der Waals surface area contributed by atoms with Crippen molar-refractivity contribution in [2.24, 2.45) is 10.9 Å². The van der Waals surface area contributed by atoms with Gasteiger partial charge < -0.3 is 15.5 Å². The first kappa shape index (κ1) is 19.5. The van der Waals surface area contributed by atoms with Gasteiger partial charge in [0.15, 0.2) is 5.96 Å². The number of nitrogens with zero attached hydrogens (tertiary/aromatic N) is 3. The van der Waals surface area contributed by atoms with E-state index in [0.29, 0.717) is 18.0 Å². The zero-order valence-corrected chi connectivity index (χ0v) is 16.5. The Hall–Kier alpha value is -0.810. The molecule has 2 N–H and O–H groups in total. The van der Waals surface area contributed by atoms with Gasteiger partial charge in [-0.25, -0.2) is 0 Å². The average molecular weight is 338 g/mol. The highest BCUT2D eigenvalue weighted by Gasteiger charge is 2.31. The number of hydrogen-bond donors (Lipinski definition) is 2. The van der Waals surface area contributed by atoms with Gasteiger partial charge in [-0.1, -0.05) is 13.3 Å². The zero-order chi connectivity index (χ0) is 17.5. The third-order valence-corrected chi connectivity index (χ3v) is 5.77. The second kappa shape index (κ2) is 9.62. The van der Waals surface area contributed by atoms with E-state index in [1.165, 1.54) is 45.3 Å². The first-order valence-electron chi connectivity index (χ1n) is 9.96. The SMILES string of the molecule is CN=C(NCCCN1CCCCC1C)NC1CN(C(C)C)CC1C. The van der Waals surface area contributed by atoms with Crippen molar-refractivity contribution in [3.8, 4) is 0 Å². The molecule has 0 saturated carbocycles. The van der Waals surface area contributed by atoms with E-state index in [-0.39, 0.29) is 0 Å². The van der Waals surface area contributed by atoms with E-state index < -0.39 is 0 Å². The van der Waals surface area contributed by atoms with Crippen LogP contribution in [0.15, 0.2) is 4.99 Å². The summed E-state index contributed by atoms with van der Waals surface area (Å²) in [6.45, 7) is 15.0. The average Bonchev–Trinajstić information content (AvgIpc) is 2.93. The molecule has 0 radical (unpaired) electrons. The standard InChI is InChI=1S/C19H39N5/c1-15(2)24-13-16(3)18(14-24)22-19(20-5)21-10-8-12-23-11-7-6-9-17(23)4/h15-18H,6-14H2,1-5H3,(H2,20,21,22). The molecular weight excluding hydrogens is 298 g/mol. The highest BCUT2D eigenvalue weighted by molar-refractivity contribution is 5.80. The summed E-state index contributed by atoms with van der Waals surface area (Å²) in [5.41, 5.74) is 0. The second-order valence-electron chi connectivity index (χ2n) is 8.01. The van der Waals surface area contributed by atoms with Gasteiger partial charge in [-0.3, -0.25) is 9.89 Å². The van der Waals surface area contributed by atoms with Gasteiger partial charge in [0.05, 0.1) is 0 Å². The molecular formula is C19H39N5. The van der Waals surface area contributed by atoms with Gasteiger partial charge in [0.1, 0.15) is 0 Å². The summed E-state index contributed by atoms with van der Waals surface area (Å²) >= 11 is 0. The molecule has 140 valence electrons. The monoisotopic (exact) mass is 337 g/mol. The van der Waals surface area contributed by atoms with Crippen LogP contribution in [0.25, 0.3) is 0 Å². The predicted molar refractivity (Wildman–Crippen MR) is 104 cm³/mol. The first-order valence-corrected chi connectivity index (χ1v) is 9.96. The molecule has 2 fully saturated rings. The molecule has 0 aromatic rings. The molecule has 0 amide bonds. The maximum atomic E-state index is 4.42. The topological polar surface area (TPSA) is 42.9 Å². The molecule has 2 heterocycles. The van der Waals surface area contributed by atoms with E-state index in [1.807, 2.05) is 7.05 Å². The Morgan fingerprint density at radius 2 is 2.00 bits per heavy atom. The van der Waals surface area contributed by atoms with Gasteiger partial charge >= 0.3 is 0 Å². The Labute approximate surface area is 149 Å². The van der Waals surface area contributed by atoms with Crippen molar-refractivity contribution in [1.29, 1.82) is 0 Å². The summed E-state index contributed by atoms with van der Waals surface area (Å²) in [4.78, 5) is 9.61. The Balaban J connectivity index is 1.67. The largest absolute Gasteiger partial charge is 0.356 e. The van der Waals surface area contributed by atoms with Crippen LogP contribution in [-0.4, -0.2) is 73.7 Å². The van der Waals surface area contributed by atoms with Gasteiger partial charge in [0.25, 0.3) is 0 Å². The van der Waals surface area contributed by atoms with Crippen LogP contribution in [0.4, 0.5) is 0 Å². The van der Waals surface area contributed by atoms with Crippen LogP contribution in [0.3, 0.4) is 0 Å². The van der Waals surface area contributed by atoms with Crippen molar-refractivity contribution in [2.75, 3.05) is 39.8 Å². The Kier molecular flexibility index (Phi) is 7.82. The first-order chi connectivity index (χ1) is 11.5. The lowest BCUT2D eigenvalue weighted by Gasteiger charge is -2.33. The van der Waals surface area contributed by atoms with Gasteiger partial charge in [-0.2, -0.15) is 0 Å². The number of guanidine groups is 1. The van der Waals surface area contributed by atoms with Crippen LogP contribution in [0.1, 0.15) is 53.4 Å². The summed E-state index contributed by atoms with van der Waals surface area (Å²) in [5, 5.41) is 7.14. The highest BCUT2D eigenvalue weighted by Crippen LogP contribution is 2.18. The number of nitrogens with one attached hydrogen (secondary N) is 2. The summed E-state index contributed by atoms with van der Waals surface area (Å²) in [7, 11) is 1.88. The van der Waals surface area contributed by atoms with Crippen molar-refractivity contribution in [3.05, 3.63) is 0 Å². The zero-order valence-electron chi connectivity index (χ0n) is 16.5. The van der Waals surface area contributed by atoms with E-state index in [2.05, 4.69) is 53.1 Å². The van der Waals surface area contributed by atoms with E-state index in [4.69, 9.17) is 0 Å². The van der Waals surface area contributed by atoms with Crippen LogP contribution in [0, 0.1) is 5.92 Å². The number of piperidine rings is 1. The third kappa shape index (κ3) is 5.62. The Morgan fingerprint density at radius 1 is 1.21 bits per heavy atom.